The van der Waals surface area contributed by atoms with E-state index in [1.54, 1.807) is 6.07 Å². The first kappa shape index (κ1) is 11.5. The minimum Gasteiger partial charge on any atom is -0.365 e. The van der Waals surface area contributed by atoms with Gasteiger partial charge in [0.25, 0.3) is 0 Å². The largest absolute Gasteiger partial charge is 0.365 e. The molecule has 0 bridgehead atoms. The Labute approximate surface area is 93.6 Å². The Hall–Kier alpha value is -1.00. The number of rotatable bonds is 1. The van der Waals surface area contributed by atoms with Gasteiger partial charge in [0.1, 0.15) is 0 Å². The van der Waals surface area contributed by atoms with Crippen molar-refractivity contribution in [2.24, 2.45) is 0 Å². The molecule has 2 nitrogen and oxygen atoms in total. The van der Waals surface area contributed by atoms with E-state index in [2.05, 4.69) is 5.32 Å². The van der Waals surface area contributed by atoms with E-state index in [4.69, 9.17) is 4.74 Å². The van der Waals surface area contributed by atoms with Crippen molar-refractivity contribution in [3.63, 3.8) is 0 Å². The van der Waals surface area contributed by atoms with Gasteiger partial charge in [-0.3, -0.25) is 0 Å². The standard InChI is InChI=1S/C12H15F2NO/c1-12(2)7-15-6-10(16-12)8-4-3-5-9(13)11(8)14/h3-5,10,15H,6-7H2,1-2H3. The van der Waals surface area contributed by atoms with Crippen LogP contribution in [0.1, 0.15) is 25.5 Å². The highest BCUT2D eigenvalue weighted by Gasteiger charge is 2.31. The number of ether oxygens (including phenoxy) is 1. The zero-order chi connectivity index (χ0) is 11.8. The Kier molecular flexibility index (Phi) is 2.95. The van der Waals surface area contributed by atoms with Gasteiger partial charge in [-0.25, -0.2) is 8.78 Å². The summed E-state index contributed by atoms with van der Waals surface area (Å²) >= 11 is 0. The molecule has 1 unspecified atom stereocenters. The molecule has 1 fully saturated rings. The molecule has 0 aliphatic carbocycles. The van der Waals surface area contributed by atoms with Crippen molar-refractivity contribution < 1.29 is 13.5 Å². The maximum Gasteiger partial charge on any atom is 0.164 e. The third-order valence-electron chi connectivity index (χ3n) is 2.67. The monoisotopic (exact) mass is 227 g/mol. The predicted molar refractivity (Wildman–Crippen MR) is 57.1 cm³/mol. The average Bonchev–Trinajstić information content (AvgIpc) is 2.20. The van der Waals surface area contributed by atoms with Gasteiger partial charge in [0, 0.05) is 18.7 Å². The lowest BCUT2D eigenvalue weighted by Crippen LogP contribution is -2.47. The van der Waals surface area contributed by atoms with Crippen LogP contribution in [-0.4, -0.2) is 18.7 Å². The highest BCUT2D eigenvalue weighted by atomic mass is 19.2. The molecule has 0 radical (unpaired) electrons. The van der Waals surface area contributed by atoms with E-state index in [1.807, 2.05) is 13.8 Å². The van der Waals surface area contributed by atoms with Crippen molar-refractivity contribution in [1.82, 2.24) is 5.32 Å². The zero-order valence-electron chi connectivity index (χ0n) is 9.39. The Bertz CT molecular complexity index is 393. The molecular formula is C12H15F2NO. The molecule has 2 rings (SSSR count). The highest BCUT2D eigenvalue weighted by Crippen LogP contribution is 2.29. The van der Waals surface area contributed by atoms with Gasteiger partial charge in [-0.2, -0.15) is 0 Å². The Morgan fingerprint density at radius 3 is 2.81 bits per heavy atom. The molecule has 1 aliphatic rings. The van der Waals surface area contributed by atoms with Crippen molar-refractivity contribution in [1.29, 1.82) is 0 Å². The Morgan fingerprint density at radius 1 is 1.38 bits per heavy atom. The molecule has 88 valence electrons. The molecule has 1 aromatic carbocycles. The van der Waals surface area contributed by atoms with Crippen LogP contribution in [0.5, 0.6) is 0 Å². The second kappa shape index (κ2) is 4.11. The minimum atomic E-state index is -0.829. The van der Waals surface area contributed by atoms with E-state index in [1.165, 1.54) is 6.07 Å². The molecule has 0 amide bonds. The zero-order valence-corrected chi connectivity index (χ0v) is 9.39. The fourth-order valence-electron chi connectivity index (χ4n) is 1.92. The Morgan fingerprint density at radius 2 is 2.12 bits per heavy atom. The summed E-state index contributed by atoms with van der Waals surface area (Å²) in [6, 6.07) is 4.17. The van der Waals surface area contributed by atoms with Gasteiger partial charge in [-0.05, 0) is 19.9 Å². The molecule has 16 heavy (non-hydrogen) atoms. The van der Waals surface area contributed by atoms with Gasteiger partial charge in [0.05, 0.1) is 11.7 Å². The first-order valence-corrected chi connectivity index (χ1v) is 5.32. The molecule has 1 N–H and O–H groups in total. The van der Waals surface area contributed by atoms with Gasteiger partial charge >= 0.3 is 0 Å². The van der Waals surface area contributed by atoms with Gasteiger partial charge in [-0.1, -0.05) is 12.1 Å². The van der Waals surface area contributed by atoms with Crippen LogP contribution < -0.4 is 5.32 Å². The summed E-state index contributed by atoms with van der Waals surface area (Å²) in [5.74, 6) is -1.64. The van der Waals surface area contributed by atoms with Crippen LogP contribution >= 0.6 is 0 Å². The van der Waals surface area contributed by atoms with E-state index < -0.39 is 17.7 Å². The predicted octanol–water partition coefficient (Wildman–Crippen LogP) is 2.40. The lowest BCUT2D eigenvalue weighted by Gasteiger charge is -2.36. The number of hydrogen-bond acceptors (Lipinski definition) is 2. The molecule has 0 aromatic heterocycles. The quantitative estimate of drug-likeness (QED) is 0.795. The van der Waals surface area contributed by atoms with Crippen LogP contribution in [-0.2, 0) is 4.74 Å². The highest BCUT2D eigenvalue weighted by molar-refractivity contribution is 5.22. The fourth-order valence-corrected chi connectivity index (χ4v) is 1.92. The van der Waals surface area contributed by atoms with Crippen LogP contribution in [0.15, 0.2) is 18.2 Å². The molecular weight excluding hydrogens is 212 g/mol. The minimum absolute atomic E-state index is 0.278. The van der Waals surface area contributed by atoms with Crippen molar-refractivity contribution in [2.45, 2.75) is 25.6 Å². The van der Waals surface area contributed by atoms with Crippen LogP contribution in [0, 0.1) is 11.6 Å². The van der Waals surface area contributed by atoms with E-state index in [0.717, 1.165) is 6.07 Å². The van der Waals surface area contributed by atoms with Gasteiger partial charge in [0.15, 0.2) is 11.6 Å². The van der Waals surface area contributed by atoms with Crippen molar-refractivity contribution >= 4 is 0 Å². The lowest BCUT2D eigenvalue weighted by molar-refractivity contribution is -0.0971. The molecule has 1 heterocycles. The van der Waals surface area contributed by atoms with E-state index in [0.29, 0.717) is 13.1 Å². The first-order chi connectivity index (χ1) is 7.49. The second-order valence-electron chi connectivity index (χ2n) is 4.64. The normalized spacial score (nSPS) is 24.4. The van der Waals surface area contributed by atoms with E-state index in [-0.39, 0.29) is 11.2 Å². The lowest BCUT2D eigenvalue weighted by atomic mass is 10.0. The Balaban J connectivity index is 2.27. The molecule has 0 spiro atoms. The number of morpholine rings is 1. The molecule has 1 aliphatic heterocycles. The van der Waals surface area contributed by atoms with E-state index in [9.17, 15) is 8.78 Å². The summed E-state index contributed by atoms with van der Waals surface area (Å²) in [6.07, 6.45) is -0.431. The maximum absolute atomic E-state index is 13.6. The summed E-state index contributed by atoms with van der Waals surface area (Å²) < 4.78 is 32.4. The number of nitrogens with one attached hydrogen (secondary N) is 1. The molecule has 1 saturated heterocycles. The van der Waals surface area contributed by atoms with Crippen LogP contribution in [0.25, 0.3) is 0 Å². The molecule has 0 saturated carbocycles. The summed E-state index contributed by atoms with van der Waals surface area (Å²) in [6.45, 7) is 5.05. The molecule has 1 aromatic rings. The SMILES string of the molecule is CC1(C)CNCC(c2cccc(F)c2F)O1. The first-order valence-electron chi connectivity index (χ1n) is 5.32. The number of halogens is 2. The van der Waals surface area contributed by atoms with Gasteiger partial charge in [0.2, 0.25) is 0 Å². The summed E-state index contributed by atoms with van der Waals surface area (Å²) in [5.41, 5.74) is -0.0814. The molecule has 4 heteroatoms. The number of hydrogen-bond donors (Lipinski definition) is 1. The maximum atomic E-state index is 13.6. The summed E-state index contributed by atoms with van der Waals surface area (Å²) in [7, 11) is 0. The second-order valence-corrected chi connectivity index (χ2v) is 4.64. The summed E-state index contributed by atoms with van der Waals surface area (Å²) in [5, 5.41) is 3.16. The fraction of sp³-hybridized carbons (Fsp3) is 0.500. The van der Waals surface area contributed by atoms with Crippen LogP contribution in [0.2, 0.25) is 0 Å². The summed E-state index contributed by atoms with van der Waals surface area (Å²) in [4.78, 5) is 0. The van der Waals surface area contributed by atoms with Gasteiger partial charge < -0.3 is 10.1 Å². The average molecular weight is 227 g/mol. The molecule has 1 atom stereocenters. The van der Waals surface area contributed by atoms with Crippen LogP contribution in [0.4, 0.5) is 8.78 Å². The van der Waals surface area contributed by atoms with Gasteiger partial charge in [-0.15, -0.1) is 0 Å². The van der Waals surface area contributed by atoms with Crippen molar-refractivity contribution in [3.05, 3.63) is 35.4 Å². The van der Waals surface area contributed by atoms with Crippen molar-refractivity contribution in [2.75, 3.05) is 13.1 Å². The van der Waals surface area contributed by atoms with Crippen molar-refractivity contribution in [3.8, 4) is 0 Å². The van der Waals surface area contributed by atoms with E-state index >= 15 is 0 Å². The van der Waals surface area contributed by atoms with Crippen LogP contribution in [0.3, 0.4) is 0 Å². The third-order valence-corrected chi connectivity index (χ3v) is 2.67. The smallest absolute Gasteiger partial charge is 0.164 e. The topological polar surface area (TPSA) is 21.3 Å². The third kappa shape index (κ3) is 2.23. The number of benzene rings is 1.